The number of aliphatic hydroxyl groups is 8. The molecule has 5 fully saturated rings. The first kappa shape index (κ1) is 60.6. The predicted octanol–water partition coefficient (Wildman–Crippen LogP) is 1.55. The molecular weight excluding hydrogens is 953 g/mol. The van der Waals surface area contributed by atoms with Crippen LogP contribution in [0, 0.1) is 11.8 Å². The van der Waals surface area contributed by atoms with Crippen molar-refractivity contribution in [3.8, 4) is 0 Å². The van der Waals surface area contributed by atoms with E-state index in [0.29, 0.717) is 32.1 Å². The second-order valence-corrected chi connectivity index (χ2v) is 20.5. The van der Waals surface area contributed by atoms with Crippen molar-refractivity contribution in [2.45, 2.75) is 280 Å². The van der Waals surface area contributed by atoms with Gasteiger partial charge in [0, 0.05) is 6.42 Å². The Morgan fingerprint density at radius 2 is 1.24 bits per heavy atom. The molecule has 0 saturated carbocycles. The Kier molecular flexibility index (Phi) is 24.2. The summed E-state index contributed by atoms with van der Waals surface area (Å²) in [4.78, 5) is 40.6. The van der Waals surface area contributed by atoms with Crippen LogP contribution in [0.2, 0.25) is 0 Å². The largest absolute Gasteiger partial charge is 0.463 e. The lowest BCUT2D eigenvalue weighted by Gasteiger charge is -2.50. The van der Waals surface area contributed by atoms with Crippen molar-refractivity contribution in [1.82, 2.24) is 0 Å². The molecule has 5 aliphatic heterocycles. The molecule has 5 aliphatic rings. The number of unbranched alkanes of at least 4 members (excludes halogenated alkanes) is 2. The van der Waals surface area contributed by atoms with E-state index in [9.17, 15) is 55.2 Å². The molecule has 2 bridgehead atoms. The molecule has 0 spiro atoms. The Labute approximate surface area is 423 Å². The standard InChI is InChI=1S/C50H86O22/c1-9-11-17-20-30-21-18-15-13-12-14-16-19-22-32(52)68-41-35(55)31(23-62-46(61)25(4)26(5)51)67-50(71-42-37(57)34(54)28(7)64-48(42)66-30)44(41)72-49-43(69-45(60)24(3)10-2)39(59)40(29(8)65-49)70-47-38(58)36(56)33(53)27(6)63-47/h24-31,33-44,47-51,53-59H,9-23H2,1-8H3/t24-,25+,26+,27+,28+,29-,30-,31+,33+,34+,35+,36-,37-,38+,39+,40-,41-,42+,43+,44+,47-,48-,49-,50-/m0/s1. The normalized spacial score (nSPS) is 42.3. The van der Waals surface area contributed by atoms with Gasteiger partial charge >= 0.3 is 17.9 Å². The van der Waals surface area contributed by atoms with E-state index < -0.39 is 165 Å². The van der Waals surface area contributed by atoms with E-state index in [0.717, 1.165) is 51.4 Å². The number of carbonyl (C=O) groups is 3. The summed E-state index contributed by atoms with van der Waals surface area (Å²) in [7, 11) is 0. The van der Waals surface area contributed by atoms with Gasteiger partial charge in [-0.2, -0.15) is 0 Å². The molecule has 72 heavy (non-hydrogen) atoms. The van der Waals surface area contributed by atoms with Gasteiger partial charge in [0.2, 0.25) is 0 Å². The highest BCUT2D eigenvalue weighted by Gasteiger charge is 2.57. The van der Waals surface area contributed by atoms with E-state index in [4.69, 9.17) is 52.1 Å². The number of rotatable bonds is 15. The van der Waals surface area contributed by atoms with E-state index in [1.165, 1.54) is 27.7 Å². The quantitative estimate of drug-likeness (QED) is 0.0655. The molecule has 0 aromatic carbocycles. The van der Waals surface area contributed by atoms with E-state index in [-0.39, 0.29) is 12.5 Å². The summed E-state index contributed by atoms with van der Waals surface area (Å²) in [6, 6.07) is 0. The third-order valence-corrected chi connectivity index (χ3v) is 14.7. The summed E-state index contributed by atoms with van der Waals surface area (Å²) in [5.41, 5.74) is 0. The molecule has 0 radical (unpaired) electrons. The second-order valence-electron chi connectivity index (χ2n) is 20.5. The van der Waals surface area contributed by atoms with E-state index in [1.807, 2.05) is 0 Å². The van der Waals surface area contributed by atoms with Gasteiger partial charge in [-0.25, -0.2) is 0 Å². The fourth-order valence-electron chi connectivity index (χ4n) is 9.42. The highest BCUT2D eigenvalue weighted by molar-refractivity contribution is 5.73. The third-order valence-electron chi connectivity index (χ3n) is 14.7. The summed E-state index contributed by atoms with van der Waals surface area (Å²) >= 11 is 0. The smallest absolute Gasteiger partial charge is 0.311 e. The van der Waals surface area contributed by atoms with Gasteiger partial charge in [-0.15, -0.1) is 0 Å². The van der Waals surface area contributed by atoms with Crippen molar-refractivity contribution < 1.29 is 107 Å². The van der Waals surface area contributed by atoms with Crippen LogP contribution in [0.4, 0.5) is 0 Å². The topological polar surface area (TPSA) is 315 Å². The minimum Gasteiger partial charge on any atom is -0.463 e. The summed E-state index contributed by atoms with van der Waals surface area (Å²) in [6.45, 7) is 12.1. The highest BCUT2D eigenvalue weighted by atomic mass is 16.8. The number of hydrogen-bond donors (Lipinski definition) is 8. The van der Waals surface area contributed by atoms with E-state index >= 15 is 0 Å². The van der Waals surface area contributed by atoms with E-state index in [2.05, 4.69) is 6.92 Å². The zero-order valence-corrected chi connectivity index (χ0v) is 43.3. The second kappa shape index (κ2) is 28.8. The predicted molar refractivity (Wildman–Crippen MR) is 250 cm³/mol. The summed E-state index contributed by atoms with van der Waals surface area (Å²) < 4.78 is 68.0. The lowest BCUT2D eigenvalue weighted by molar-refractivity contribution is -0.399. The zero-order chi connectivity index (χ0) is 53.0. The van der Waals surface area contributed by atoms with Crippen LogP contribution in [-0.2, 0) is 66.5 Å². The summed E-state index contributed by atoms with van der Waals surface area (Å²) in [5, 5.41) is 89.3. The van der Waals surface area contributed by atoms with Crippen LogP contribution < -0.4 is 0 Å². The van der Waals surface area contributed by atoms with Crippen LogP contribution in [0.25, 0.3) is 0 Å². The maximum atomic E-state index is 13.9. The van der Waals surface area contributed by atoms with Crippen LogP contribution >= 0.6 is 0 Å². The molecule has 0 aliphatic carbocycles. The molecule has 22 nitrogen and oxygen atoms in total. The van der Waals surface area contributed by atoms with Gasteiger partial charge in [-0.1, -0.05) is 78.6 Å². The third kappa shape index (κ3) is 15.9. The Bertz CT molecular complexity index is 1640. The Morgan fingerprint density at radius 1 is 0.611 bits per heavy atom. The zero-order valence-electron chi connectivity index (χ0n) is 43.3. The molecule has 0 aromatic rings. The Morgan fingerprint density at radius 3 is 1.90 bits per heavy atom. The number of esters is 3. The van der Waals surface area contributed by atoms with Gasteiger partial charge in [0.15, 0.2) is 43.5 Å². The molecule has 5 rings (SSSR count). The van der Waals surface area contributed by atoms with Crippen LogP contribution in [-0.4, -0.2) is 200 Å². The maximum absolute atomic E-state index is 13.9. The van der Waals surface area contributed by atoms with Crippen molar-refractivity contribution in [2.24, 2.45) is 11.8 Å². The molecule has 0 amide bonds. The van der Waals surface area contributed by atoms with E-state index in [1.54, 1.807) is 20.8 Å². The van der Waals surface area contributed by atoms with Crippen molar-refractivity contribution in [3.63, 3.8) is 0 Å². The monoisotopic (exact) mass is 1040 g/mol. The fourth-order valence-corrected chi connectivity index (χ4v) is 9.42. The van der Waals surface area contributed by atoms with Gasteiger partial charge < -0.3 is 93.0 Å². The van der Waals surface area contributed by atoms with Gasteiger partial charge in [0.25, 0.3) is 0 Å². The lowest BCUT2D eigenvalue weighted by atomic mass is 9.95. The summed E-state index contributed by atoms with van der Waals surface area (Å²) in [5.74, 6) is -4.10. The van der Waals surface area contributed by atoms with Crippen molar-refractivity contribution in [1.29, 1.82) is 0 Å². The highest BCUT2D eigenvalue weighted by Crippen LogP contribution is 2.38. The van der Waals surface area contributed by atoms with Crippen LogP contribution in [0.3, 0.4) is 0 Å². The molecule has 0 aromatic heterocycles. The number of ether oxygens (including phenoxy) is 11. The minimum atomic E-state index is -1.85. The first-order valence-corrected chi connectivity index (χ1v) is 26.4. The summed E-state index contributed by atoms with van der Waals surface area (Å²) in [6.07, 6.45) is -22.9. The fraction of sp³-hybridized carbons (Fsp3) is 0.940. The van der Waals surface area contributed by atoms with Crippen molar-refractivity contribution in [3.05, 3.63) is 0 Å². The van der Waals surface area contributed by atoms with Gasteiger partial charge in [0.1, 0.15) is 67.6 Å². The molecule has 418 valence electrons. The van der Waals surface area contributed by atoms with Crippen molar-refractivity contribution in [2.75, 3.05) is 6.61 Å². The Balaban J connectivity index is 1.59. The molecule has 0 unspecified atom stereocenters. The van der Waals surface area contributed by atoms with Crippen molar-refractivity contribution >= 4 is 17.9 Å². The van der Waals surface area contributed by atoms with Gasteiger partial charge in [-0.3, -0.25) is 14.4 Å². The first-order chi connectivity index (χ1) is 34.2. The SMILES string of the molecule is CCCCC[C@H]1CCCCCCCCCC(=O)O[C@H]2[C@H](O)[C@@H](COC(=O)[C@H](C)[C@@H](C)O)O[C@@H](O[C@H]3[C@H](O1)O[C@H](C)[C@@H](O)[C@@H]3O)[C@@H]2O[C@@H]1O[C@@H](C)[C@H](O[C@@H]2O[C@H](C)[C@@H](O)[C@H](O)[C@H]2O)[C@@H](O)[C@H]1OC(=O)[C@@H](C)CC. The molecule has 5 heterocycles. The van der Waals surface area contributed by atoms with Crippen LogP contribution in [0.5, 0.6) is 0 Å². The average Bonchev–Trinajstić information content (AvgIpc) is 3.34. The first-order valence-electron chi connectivity index (χ1n) is 26.4. The molecule has 5 saturated heterocycles. The number of aliphatic hydroxyl groups excluding tert-OH is 8. The molecule has 22 heteroatoms. The molecule has 24 atom stereocenters. The Hall–Kier alpha value is -2.23. The minimum absolute atomic E-state index is 0.0776. The number of carbonyl (C=O) groups excluding carboxylic acids is 3. The number of hydrogen-bond acceptors (Lipinski definition) is 22. The molecule has 8 N–H and O–H groups in total. The lowest BCUT2D eigenvalue weighted by Crippen LogP contribution is -2.68. The molecular formula is C50H86O22. The van der Waals surface area contributed by atoms with Gasteiger partial charge in [-0.05, 0) is 60.3 Å². The van der Waals surface area contributed by atoms with Gasteiger partial charge in [0.05, 0.1) is 42.4 Å². The number of fused-ring (bicyclic) bond motifs is 3. The van der Waals surface area contributed by atoms with Crippen LogP contribution in [0.15, 0.2) is 0 Å². The maximum Gasteiger partial charge on any atom is 0.311 e. The average molecular weight is 1040 g/mol. The van der Waals surface area contributed by atoms with Crippen LogP contribution in [0.1, 0.15) is 145 Å².